The zero-order valence-corrected chi connectivity index (χ0v) is 19.3. The lowest BCUT2D eigenvalue weighted by Crippen LogP contribution is -2.51. The average molecular weight is 440 g/mol. The minimum absolute atomic E-state index is 0.171. The molecule has 1 aliphatic carbocycles. The number of carbonyl (C=O) groups is 2. The van der Waals surface area contributed by atoms with Gasteiger partial charge in [-0.05, 0) is 50.7 Å². The number of carbonyl (C=O) groups excluding carboxylic acids is 2. The summed E-state index contributed by atoms with van der Waals surface area (Å²) in [5, 5.41) is 6.97. The summed E-state index contributed by atoms with van der Waals surface area (Å²) < 4.78 is 0. The summed E-state index contributed by atoms with van der Waals surface area (Å²) in [6.07, 6.45) is 10.9. The molecule has 0 atom stereocenters. The van der Waals surface area contributed by atoms with Gasteiger partial charge in [0.25, 0.3) is 11.8 Å². The standard InChI is InChI=1S/C25H37N5O2/c1-26-25(28-19-13-17-29(18-14-19)20-9-3-2-4-10-20)27-15-7-8-16-30-23(31)21-11-5-6-12-22(21)24(30)32/h5-6,11-12,19-20H,2-4,7-10,13-18H2,1H3,(H2,26,27,28). The van der Waals surface area contributed by atoms with Gasteiger partial charge in [0.1, 0.15) is 0 Å². The predicted octanol–water partition coefficient (Wildman–Crippen LogP) is 3.02. The Morgan fingerprint density at radius 2 is 1.62 bits per heavy atom. The van der Waals surface area contributed by atoms with Crippen LogP contribution in [0.1, 0.15) is 78.5 Å². The van der Waals surface area contributed by atoms with Crippen molar-refractivity contribution in [3.8, 4) is 0 Å². The van der Waals surface area contributed by atoms with E-state index in [2.05, 4.69) is 20.5 Å². The third kappa shape index (κ3) is 5.31. The van der Waals surface area contributed by atoms with E-state index in [4.69, 9.17) is 0 Å². The number of piperidine rings is 1. The molecule has 3 aliphatic rings. The second kappa shape index (κ2) is 10.9. The van der Waals surface area contributed by atoms with Crippen LogP contribution in [0.3, 0.4) is 0 Å². The molecule has 2 heterocycles. The highest BCUT2D eigenvalue weighted by molar-refractivity contribution is 6.21. The molecule has 4 rings (SSSR count). The largest absolute Gasteiger partial charge is 0.356 e. The van der Waals surface area contributed by atoms with Crippen LogP contribution in [0.4, 0.5) is 0 Å². The molecule has 1 aromatic carbocycles. The molecule has 0 aromatic heterocycles. The van der Waals surface area contributed by atoms with E-state index < -0.39 is 0 Å². The van der Waals surface area contributed by atoms with Crippen LogP contribution in [-0.2, 0) is 0 Å². The number of unbranched alkanes of at least 4 members (excludes halogenated alkanes) is 1. The number of rotatable bonds is 7. The lowest BCUT2D eigenvalue weighted by atomic mass is 9.92. The fourth-order valence-electron chi connectivity index (χ4n) is 5.29. The van der Waals surface area contributed by atoms with Crippen LogP contribution >= 0.6 is 0 Å². The minimum Gasteiger partial charge on any atom is -0.356 e. The molecule has 2 fully saturated rings. The van der Waals surface area contributed by atoms with Gasteiger partial charge in [0.05, 0.1) is 11.1 Å². The summed E-state index contributed by atoms with van der Waals surface area (Å²) in [6, 6.07) is 8.34. The van der Waals surface area contributed by atoms with Gasteiger partial charge >= 0.3 is 0 Å². The topological polar surface area (TPSA) is 77.0 Å². The van der Waals surface area contributed by atoms with E-state index in [0.29, 0.717) is 23.7 Å². The van der Waals surface area contributed by atoms with Crippen molar-refractivity contribution in [1.82, 2.24) is 20.4 Å². The summed E-state index contributed by atoms with van der Waals surface area (Å²) in [6.45, 7) is 3.59. The third-order valence-corrected chi connectivity index (χ3v) is 7.16. The Bertz CT molecular complexity index is 790. The Hall–Kier alpha value is -2.41. The van der Waals surface area contributed by atoms with Gasteiger partial charge in [0, 0.05) is 45.3 Å². The van der Waals surface area contributed by atoms with Crippen LogP contribution in [0.25, 0.3) is 0 Å². The second-order valence-corrected chi connectivity index (χ2v) is 9.26. The predicted molar refractivity (Wildman–Crippen MR) is 127 cm³/mol. The van der Waals surface area contributed by atoms with Crippen LogP contribution in [0, 0.1) is 0 Å². The molecule has 0 bridgehead atoms. The zero-order valence-electron chi connectivity index (χ0n) is 19.3. The first-order chi connectivity index (χ1) is 15.7. The number of hydrogen-bond acceptors (Lipinski definition) is 4. The molecule has 1 aromatic rings. The first-order valence-electron chi connectivity index (χ1n) is 12.3. The van der Waals surface area contributed by atoms with Crippen molar-refractivity contribution in [3.05, 3.63) is 35.4 Å². The quantitative estimate of drug-likeness (QED) is 0.296. The molecule has 1 saturated heterocycles. The van der Waals surface area contributed by atoms with Crippen LogP contribution in [0.15, 0.2) is 29.3 Å². The highest BCUT2D eigenvalue weighted by atomic mass is 16.2. The van der Waals surface area contributed by atoms with Gasteiger partial charge in [-0.1, -0.05) is 31.4 Å². The molecule has 0 radical (unpaired) electrons. The molecule has 0 unspecified atom stereocenters. The van der Waals surface area contributed by atoms with E-state index in [0.717, 1.165) is 44.2 Å². The lowest BCUT2D eigenvalue weighted by molar-refractivity contribution is 0.0652. The maximum absolute atomic E-state index is 12.4. The van der Waals surface area contributed by atoms with E-state index in [1.807, 2.05) is 7.05 Å². The van der Waals surface area contributed by atoms with Crippen molar-refractivity contribution >= 4 is 17.8 Å². The van der Waals surface area contributed by atoms with Crippen LogP contribution in [0.2, 0.25) is 0 Å². The Morgan fingerprint density at radius 3 is 2.25 bits per heavy atom. The number of likely N-dealkylation sites (tertiary alicyclic amines) is 1. The first-order valence-corrected chi connectivity index (χ1v) is 12.3. The lowest BCUT2D eigenvalue weighted by Gasteiger charge is -2.39. The Morgan fingerprint density at radius 1 is 0.969 bits per heavy atom. The van der Waals surface area contributed by atoms with Gasteiger partial charge in [-0.3, -0.25) is 19.5 Å². The summed E-state index contributed by atoms with van der Waals surface area (Å²) in [5.74, 6) is 0.507. The second-order valence-electron chi connectivity index (χ2n) is 9.26. The number of aliphatic imine (C=N–C) groups is 1. The first kappa shape index (κ1) is 22.8. The Balaban J connectivity index is 1.13. The molecule has 7 nitrogen and oxygen atoms in total. The fraction of sp³-hybridized carbons (Fsp3) is 0.640. The smallest absolute Gasteiger partial charge is 0.261 e. The van der Waals surface area contributed by atoms with Crippen molar-refractivity contribution in [3.63, 3.8) is 0 Å². The van der Waals surface area contributed by atoms with Crippen molar-refractivity contribution in [2.24, 2.45) is 4.99 Å². The number of hydrogen-bond donors (Lipinski definition) is 2. The van der Waals surface area contributed by atoms with E-state index in [1.165, 1.54) is 50.1 Å². The molecular formula is C25H37N5O2. The van der Waals surface area contributed by atoms with Crippen LogP contribution < -0.4 is 10.6 Å². The SMILES string of the molecule is CN=C(NCCCCN1C(=O)c2ccccc2C1=O)NC1CCN(C2CCCCC2)CC1. The van der Waals surface area contributed by atoms with Gasteiger partial charge < -0.3 is 15.5 Å². The summed E-state index contributed by atoms with van der Waals surface area (Å²) in [4.78, 5) is 33.3. The molecule has 0 spiro atoms. The molecular weight excluding hydrogens is 402 g/mol. The highest BCUT2D eigenvalue weighted by Gasteiger charge is 2.34. The monoisotopic (exact) mass is 439 g/mol. The zero-order chi connectivity index (χ0) is 22.3. The number of fused-ring (bicyclic) bond motifs is 1. The van der Waals surface area contributed by atoms with Crippen molar-refractivity contribution in [2.75, 3.05) is 33.2 Å². The normalized spacial score (nSPS) is 21.2. The van der Waals surface area contributed by atoms with Crippen LogP contribution in [-0.4, -0.2) is 72.9 Å². The molecule has 32 heavy (non-hydrogen) atoms. The van der Waals surface area contributed by atoms with E-state index >= 15 is 0 Å². The highest BCUT2D eigenvalue weighted by Crippen LogP contribution is 2.25. The van der Waals surface area contributed by atoms with Gasteiger partial charge in [0.15, 0.2) is 5.96 Å². The summed E-state index contributed by atoms with van der Waals surface area (Å²) in [5.41, 5.74) is 1.05. The van der Waals surface area contributed by atoms with E-state index in [9.17, 15) is 9.59 Å². The van der Waals surface area contributed by atoms with Crippen molar-refractivity contribution < 1.29 is 9.59 Å². The van der Waals surface area contributed by atoms with E-state index in [1.54, 1.807) is 24.3 Å². The number of imide groups is 1. The van der Waals surface area contributed by atoms with E-state index in [-0.39, 0.29) is 11.8 Å². The fourth-order valence-corrected chi connectivity index (χ4v) is 5.29. The number of nitrogens with one attached hydrogen (secondary N) is 2. The molecule has 2 aliphatic heterocycles. The minimum atomic E-state index is -0.171. The number of amides is 2. The summed E-state index contributed by atoms with van der Waals surface area (Å²) in [7, 11) is 1.81. The van der Waals surface area contributed by atoms with Gasteiger partial charge in [-0.15, -0.1) is 0 Å². The number of guanidine groups is 1. The number of benzene rings is 1. The van der Waals surface area contributed by atoms with Crippen LogP contribution in [0.5, 0.6) is 0 Å². The molecule has 7 heteroatoms. The van der Waals surface area contributed by atoms with Gasteiger partial charge in [0.2, 0.25) is 0 Å². The van der Waals surface area contributed by atoms with Crippen molar-refractivity contribution in [2.45, 2.75) is 69.9 Å². The third-order valence-electron chi connectivity index (χ3n) is 7.16. The molecule has 2 N–H and O–H groups in total. The van der Waals surface area contributed by atoms with Crippen molar-refractivity contribution in [1.29, 1.82) is 0 Å². The maximum atomic E-state index is 12.4. The molecule has 2 amide bonds. The van der Waals surface area contributed by atoms with Gasteiger partial charge in [-0.25, -0.2) is 0 Å². The Kier molecular flexibility index (Phi) is 7.79. The average Bonchev–Trinajstić information content (AvgIpc) is 3.09. The summed E-state index contributed by atoms with van der Waals surface area (Å²) >= 11 is 0. The van der Waals surface area contributed by atoms with Gasteiger partial charge in [-0.2, -0.15) is 0 Å². The Labute approximate surface area is 191 Å². The number of nitrogens with zero attached hydrogens (tertiary/aromatic N) is 3. The molecule has 1 saturated carbocycles. The maximum Gasteiger partial charge on any atom is 0.261 e. The molecule has 174 valence electrons.